The molecule has 7 heteroatoms. The van der Waals surface area contributed by atoms with Gasteiger partial charge in [-0.15, -0.1) is 0 Å². The van der Waals surface area contributed by atoms with Crippen molar-refractivity contribution in [2.75, 3.05) is 13.2 Å². The van der Waals surface area contributed by atoms with Crippen LogP contribution in [0.5, 0.6) is 0 Å². The second kappa shape index (κ2) is 8.42. The Morgan fingerprint density at radius 1 is 1.15 bits per heavy atom. The fraction of sp³-hybridized carbons (Fsp3) is 0.526. The van der Waals surface area contributed by atoms with Crippen molar-refractivity contribution >= 4 is 17.7 Å². The zero-order valence-corrected chi connectivity index (χ0v) is 15.5. The first-order chi connectivity index (χ1) is 12.4. The van der Waals surface area contributed by atoms with Crippen LogP contribution in [0.15, 0.2) is 35.3 Å². The first kappa shape index (κ1) is 20.1. The average Bonchev–Trinajstić information content (AvgIpc) is 2.62. The molecule has 0 radical (unpaired) electrons. The summed E-state index contributed by atoms with van der Waals surface area (Å²) in [5.74, 6) is -2.97. The van der Waals surface area contributed by atoms with E-state index in [-0.39, 0.29) is 18.9 Å². The number of ether oxygens (including phenoxy) is 2. The summed E-state index contributed by atoms with van der Waals surface area (Å²) in [7, 11) is 0. The number of nitrogens with zero attached hydrogens (tertiary/aromatic N) is 1. The highest BCUT2D eigenvalue weighted by molar-refractivity contribution is 6.11. The van der Waals surface area contributed by atoms with Crippen LogP contribution in [0.1, 0.15) is 39.2 Å². The zero-order chi connectivity index (χ0) is 19.3. The van der Waals surface area contributed by atoms with Gasteiger partial charge in [-0.05, 0) is 33.3 Å². The standard InChI is InChI=1S/C19H25NO6/c1-5-24-17(21)15-12(3)20-13(4)19(26-23,18(22)25-6-2)16(15)14-10-8-7-9-11-14/h7-12,15-16,23H,5-6H2,1-4H3. The molecule has 2 rings (SSSR count). The highest BCUT2D eigenvalue weighted by Gasteiger charge is 2.61. The third kappa shape index (κ3) is 3.37. The van der Waals surface area contributed by atoms with Crippen molar-refractivity contribution in [2.45, 2.75) is 45.3 Å². The SMILES string of the molecule is CCOC(=O)C1C(C)N=C(C)C(OO)(C(=O)OCC)C1c1ccccc1. The summed E-state index contributed by atoms with van der Waals surface area (Å²) in [5.41, 5.74) is -1.02. The summed E-state index contributed by atoms with van der Waals surface area (Å²) in [4.78, 5) is 34.7. The molecule has 0 aliphatic carbocycles. The fourth-order valence-corrected chi connectivity index (χ4v) is 3.59. The Hall–Kier alpha value is -2.25. The van der Waals surface area contributed by atoms with Crippen molar-refractivity contribution in [3.8, 4) is 0 Å². The van der Waals surface area contributed by atoms with E-state index in [0.717, 1.165) is 0 Å². The van der Waals surface area contributed by atoms with E-state index in [4.69, 9.17) is 14.4 Å². The van der Waals surface area contributed by atoms with Gasteiger partial charge in [0.15, 0.2) is 0 Å². The van der Waals surface area contributed by atoms with E-state index in [9.17, 15) is 14.8 Å². The first-order valence-corrected chi connectivity index (χ1v) is 8.70. The Morgan fingerprint density at radius 3 is 2.31 bits per heavy atom. The van der Waals surface area contributed by atoms with Crippen molar-refractivity contribution in [3.63, 3.8) is 0 Å². The van der Waals surface area contributed by atoms with Crippen LogP contribution in [0.2, 0.25) is 0 Å². The van der Waals surface area contributed by atoms with Crippen LogP contribution in [0.3, 0.4) is 0 Å². The van der Waals surface area contributed by atoms with Gasteiger partial charge in [0.05, 0.1) is 30.9 Å². The second-order valence-electron chi connectivity index (χ2n) is 6.17. The fourth-order valence-electron chi connectivity index (χ4n) is 3.59. The first-order valence-electron chi connectivity index (χ1n) is 8.70. The molecule has 1 aromatic rings. The van der Waals surface area contributed by atoms with Gasteiger partial charge < -0.3 is 9.47 Å². The van der Waals surface area contributed by atoms with Gasteiger partial charge in [0.2, 0.25) is 5.60 Å². The highest BCUT2D eigenvalue weighted by Crippen LogP contribution is 2.45. The molecule has 1 aromatic carbocycles. The Morgan fingerprint density at radius 2 is 1.77 bits per heavy atom. The van der Waals surface area contributed by atoms with Crippen molar-refractivity contribution in [1.82, 2.24) is 0 Å². The highest BCUT2D eigenvalue weighted by atomic mass is 17.1. The van der Waals surface area contributed by atoms with Gasteiger partial charge in [-0.2, -0.15) is 0 Å². The summed E-state index contributed by atoms with van der Waals surface area (Å²) in [6.07, 6.45) is 0. The lowest BCUT2D eigenvalue weighted by molar-refractivity contribution is -0.307. The third-order valence-electron chi connectivity index (χ3n) is 4.69. The Bertz CT molecular complexity index is 674. The van der Waals surface area contributed by atoms with Gasteiger partial charge >= 0.3 is 11.9 Å². The van der Waals surface area contributed by atoms with Crippen molar-refractivity contribution < 1.29 is 29.2 Å². The van der Waals surface area contributed by atoms with Crippen LogP contribution in [0.25, 0.3) is 0 Å². The zero-order valence-electron chi connectivity index (χ0n) is 15.5. The summed E-state index contributed by atoms with van der Waals surface area (Å²) in [6, 6.07) is 8.48. The monoisotopic (exact) mass is 363 g/mol. The van der Waals surface area contributed by atoms with Crippen LogP contribution in [0.4, 0.5) is 0 Å². The maximum Gasteiger partial charge on any atom is 0.348 e. The molecule has 0 bridgehead atoms. The lowest BCUT2D eigenvalue weighted by atomic mass is 9.67. The molecule has 0 spiro atoms. The van der Waals surface area contributed by atoms with E-state index in [1.54, 1.807) is 52.0 Å². The normalized spacial score (nSPS) is 28.2. The predicted octanol–water partition coefficient (Wildman–Crippen LogP) is 2.60. The van der Waals surface area contributed by atoms with Crippen LogP contribution >= 0.6 is 0 Å². The van der Waals surface area contributed by atoms with E-state index in [2.05, 4.69) is 4.99 Å². The number of hydrogen-bond acceptors (Lipinski definition) is 7. The molecule has 4 atom stereocenters. The molecule has 1 N–H and O–H groups in total. The molecule has 1 aliphatic rings. The van der Waals surface area contributed by atoms with Crippen molar-refractivity contribution in [1.29, 1.82) is 0 Å². The van der Waals surface area contributed by atoms with Gasteiger partial charge in [0, 0.05) is 5.92 Å². The molecule has 4 unspecified atom stereocenters. The summed E-state index contributed by atoms with van der Waals surface area (Å²) < 4.78 is 10.4. The molecule has 142 valence electrons. The van der Waals surface area contributed by atoms with E-state index in [1.165, 1.54) is 0 Å². The number of carbonyl (C=O) groups is 2. The molecule has 26 heavy (non-hydrogen) atoms. The molecule has 0 aromatic heterocycles. The minimum Gasteiger partial charge on any atom is -0.466 e. The molecule has 0 saturated carbocycles. The smallest absolute Gasteiger partial charge is 0.348 e. The molecule has 1 aliphatic heterocycles. The number of aliphatic imine (C=N–C) groups is 1. The lowest BCUT2D eigenvalue weighted by Crippen LogP contribution is -2.60. The van der Waals surface area contributed by atoms with E-state index in [1.807, 2.05) is 6.07 Å². The number of rotatable bonds is 6. The third-order valence-corrected chi connectivity index (χ3v) is 4.69. The van der Waals surface area contributed by atoms with Gasteiger partial charge in [-0.3, -0.25) is 15.0 Å². The number of esters is 2. The van der Waals surface area contributed by atoms with Gasteiger partial charge in [-0.25, -0.2) is 9.68 Å². The van der Waals surface area contributed by atoms with Crippen LogP contribution in [-0.4, -0.2) is 47.8 Å². The van der Waals surface area contributed by atoms with Crippen molar-refractivity contribution in [2.24, 2.45) is 10.9 Å². The topological polar surface area (TPSA) is 94.4 Å². The second-order valence-corrected chi connectivity index (χ2v) is 6.17. The minimum atomic E-state index is -1.92. The quantitative estimate of drug-likeness (QED) is 0.474. The van der Waals surface area contributed by atoms with E-state index < -0.39 is 35.4 Å². The molecule has 0 fully saturated rings. The maximum absolute atomic E-state index is 12.8. The van der Waals surface area contributed by atoms with Gasteiger partial charge in [0.1, 0.15) is 0 Å². The van der Waals surface area contributed by atoms with Gasteiger partial charge in [0.25, 0.3) is 0 Å². The van der Waals surface area contributed by atoms with Crippen molar-refractivity contribution in [3.05, 3.63) is 35.9 Å². The number of hydrogen-bond donors (Lipinski definition) is 1. The average molecular weight is 363 g/mol. The molecule has 1 heterocycles. The Labute approximate surface area is 152 Å². The van der Waals surface area contributed by atoms with Crippen LogP contribution < -0.4 is 0 Å². The molecule has 7 nitrogen and oxygen atoms in total. The molecular formula is C19H25NO6. The van der Waals surface area contributed by atoms with E-state index in [0.29, 0.717) is 5.56 Å². The molecule has 0 amide bonds. The lowest BCUT2D eigenvalue weighted by Gasteiger charge is -2.43. The Kier molecular flexibility index (Phi) is 6.50. The maximum atomic E-state index is 12.8. The summed E-state index contributed by atoms with van der Waals surface area (Å²) in [6.45, 7) is 7.01. The van der Waals surface area contributed by atoms with Crippen LogP contribution in [-0.2, 0) is 24.0 Å². The summed E-state index contributed by atoms with van der Waals surface area (Å²) >= 11 is 0. The minimum absolute atomic E-state index is 0.0956. The van der Waals surface area contributed by atoms with Crippen LogP contribution in [0, 0.1) is 5.92 Å². The Balaban J connectivity index is 2.71. The largest absolute Gasteiger partial charge is 0.466 e. The number of benzene rings is 1. The number of carbonyl (C=O) groups excluding carboxylic acids is 2. The summed E-state index contributed by atoms with van der Waals surface area (Å²) in [5, 5.41) is 9.82. The molecular weight excluding hydrogens is 338 g/mol. The van der Waals surface area contributed by atoms with Gasteiger partial charge in [-0.1, -0.05) is 30.3 Å². The molecule has 0 saturated heterocycles. The van der Waals surface area contributed by atoms with E-state index >= 15 is 0 Å². The predicted molar refractivity (Wildman–Crippen MR) is 95.0 cm³/mol.